The van der Waals surface area contributed by atoms with Gasteiger partial charge in [0.1, 0.15) is 5.60 Å². The molecule has 0 spiro atoms. The van der Waals surface area contributed by atoms with Crippen molar-refractivity contribution < 1.29 is 9.53 Å². The standard InChI is InChI=1S/C12H22BrNO2/c1-11(2,3)16-10(15)14-12(9-13)7-5-4-6-8-12/h4-9H2,1-3H3,(H,14,15). The fourth-order valence-electron chi connectivity index (χ4n) is 2.04. The predicted octanol–water partition coefficient (Wildman–Crippen LogP) is 3.61. The van der Waals surface area contributed by atoms with Crippen molar-refractivity contribution in [1.29, 1.82) is 0 Å². The Morgan fingerprint density at radius 3 is 2.31 bits per heavy atom. The lowest BCUT2D eigenvalue weighted by atomic mass is 9.83. The summed E-state index contributed by atoms with van der Waals surface area (Å²) in [5.41, 5.74) is -0.521. The summed E-state index contributed by atoms with van der Waals surface area (Å²) in [5, 5.41) is 3.84. The third-order valence-corrected chi connectivity index (χ3v) is 3.91. The van der Waals surface area contributed by atoms with Crippen LogP contribution in [0, 0.1) is 0 Å². The lowest BCUT2D eigenvalue weighted by Crippen LogP contribution is -2.52. The van der Waals surface area contributed by atoms with E-state index in [1.165, 1.54) is 19.3 Å². The molecule has 1 amide bonds. The molecule has 0 aromatic rings. The molecule has 0 aromatic heterocycles. The van der Waals surface area contributed by atoms with Crippen LogP contribution in [-0.2, 0) is 4.74 Å². The summed E-state index contributed by atoms with van der Waals surface area (Å²) in [7, 11) is 0. The highest BCUT2D eigenvalue weighted by molar-refractivity contribution is 9.09. The minimum atomic E-state index is -0.424. The fraction of sp³-hybridized carbons (Fsp3) is 0.917. The van der Waals surface area contributed by atoms with E-state index in [1.807, 2.05) is 20.8 Å². The van der Waals surface area contributed by atoms with E-state index in [4.69, 9.17) is 4.74 Å². The molecule has 3 nitrogen and oxygen atoms in total. The van der Waals surface area contributed by atoms with Gasteiger partial charge in [-0.05, 0) is 33.6 Å². The zero-order valence-corrected chi connectivity index (χ0v) is 12.0. The Morgan fingerprint density at radius 1 is 1.31 bits per heavy atom. The maximum Gasteiger partial charge on any atom is 0.408 e. The van der Waals surface area contributed by atoms with Gasteiger partial charge in [0, 0.05) is 5.33 Å². The van der Waals surface area contributed by atoms with Gasteiger partial charge in [0.15, 0.2) is 0 Å². The Balaban J connectivity index is 2.52. The monoisotopic (exact) mass is 291 g/mol. The van der Waals surface area contributed by atoms with E-state index >= 15 is 0 Å². The highest BCUT2D eigenvalue weighted by Gasteiger charge is 2.33. The van der Waals surface area contributed by atoms with Crippen LogP contribution >= 0.6 is 15.9 Å². The van der Waals surface area contributed by atoms with E-state index in [2.05, 4.69) is 21.2 Å². The molecule has 16 heavy (non-hydrogen) atoms. The van der Waals surface area contributed by atoms with Gasteiger partial charge in [0.05, 0.1) is 5.54 Å². The zero-order valence-electron chi connectivity index (χ0n) is 10.4. The van der Waals surface area contributed by atoms with Crippen molar-refractivity contribution in [2.24, 2.45) is 0 Å². The van der Waals surface area contributed by atoms with E-state index in [0.29, 0.717) is 0 Å². The number of hydrogen-bond donors (Lipinski definition) is 1. The fourth-order valence-corrected chi connectivity index (χ4v) is 2.74. The van der Waals surface area contributed by atoms with Crippen LogP contribution in [0.2, 0.25) is 0 Å². The normalized spacial score (nSPS) is 20.2. The number of carbonyl (C=O) groups is 1. The van der Waals surface area contributed by atoms with Crippen molar-refractivity contribution in [2.45, 2.75) is 64.0 Å². The second kappa shape index (κ2) is 5.39. The van der Waals surface area contributed by atoms with Gasteiger partial charge >= 0.3 is 6.09 Å². The van der Waals surface area contributed by atoms with Gasteiger partial charge in [-0.3, -0.25) is 0 Å². The number of amides is 1. The second-order valence-corrected chi connectivity index (χ2v) is 6.16. The average Bonchev–Trinajstić information content (AvgIpc) is 2.16. The summed E-state index contributed by atoms with van der Waals surface area (Å²) < 4.78 is 5.30. The predicted molar refractivity (Wildman–Crippen MR) is 69.0 cm³/mol. The zero-order chi connectivity index (χ0) is 12.2. The Hall–Kier alpha value is -0.250. The number of alkyl carbamates (subject to hydrolysis) is 1. The van der Waals surface area contributed by atoms with E-state index < -0.39 is 5.60 Å². The summed E-state index contributed by atoms with van der Waals surface area (Å²) in [4.78, 5) is 11.7. The summed E-state index contributed by atoms with van der Waals surface area (Å²) in [6.07, 6.45) is 5.41. The van der Waals surface area contributed by atoms with Crippen LogP contribution in [0.1, 0.15) is 52.9 Å². The van der Waals surface area contributed by atoms with Gasteiger partial charge in [0.25, 0.3) is 0 Å². The van der Waals surface area contributed by atoms with Crippen molar-refractivity contribution in [3.05, 3.63) is 0 Å². The molecule has 94 valence electrons. The Kier molecular flexibility index (Phi) is 4.65. The van der Waals surface area contributed by atoms with Gasteiger partial charge in [-0.1, -0.05) is 35.2 Å². The van der Waals surface area contributed by atoms with E-state index in [1.54, 1.807) is 0 Å². The molecule has 0 aliphatic heterocycles. The van der Waals surface area contributed by atoms with Crippen molar-refractivity contribution in [2.75, 3.05) is 5.33 Å². The number of ether oxygens (including phenoxy) is 1. The third kappa shape index (κ3) is 4.32. The van der Waals surface area contributed by atoms with Gasteiger partial charge in [-0.25, -0.2) is 4.79 Å². The van der Waals surface area contributed by atoms with Crippen LogP contribution in [0.3, 0.4) is 0 Å². The molecule has 1 saturated carbocycles. The first-order valence-electron chi connectivity index (χ1n) is 5.94. The molecule has 1 rings (SSSR count). The quantitative estimate of drug-likeness (QED) is 0.790. The molecule has 0 atom stereocenters. The first-order chi connectivity index (χ1) is 7.37. The first-order valence-corrected chi connectivity index (χ1v) is 7.06. The van der Waals surface area contributed by atoms with E-state index in [9.17, 15) is 4.79 Å². The summed E-state index contributed by atoms with van der Waals surface area (Å²) in [6.45, 7) is 5.65. The molecule has 4 heteroatoms. The van der Waals surface area contributed by atoms with Crippen LogP contribution in [-0.4, -0.2) is 22.6 Å². The van der Waals surface area contributed by atoms with Gasteiger partial charge in [-0.15, -0.1) is 0 Å². The molecule has 0 radical (unpaired) electrons. The summed E-state index contributed by atoms with van der Waals surface area (Å²) in [6, 6.07) is 0. The van der Waals surface area contributed by atoms with E-state index in [0.717, 1.165) is 18.2 Å². The summed E-state index contributed by atoms with van der Waals surface area (Å²) >= 11 is 3.51. The minimum Gasteiger partial charge on any atom is -0.444 e. The number of carbonyl (C=O) groups excluding carboxylic acids is 1. The minimum absolute atomic E-state index is 0.0966. The van der Waals surface area contributed by atoms with Crippen LogP contribution in [0.25, 0.3) is 0 Å². The van der Waals surface area contributed by atoms with Crippen LogP contribution in [0.5, 0.6) is 0 Å². The van der Waals surface area contributed by atoms with Crippen molar-refractivity contribution >= 4 is 22.0 Å². The molecular formula is C12H22BrNO2. The lowest BCUT2D eigenvalue weighted by molar-refractivity contribution is 0.0443. The molecule has 0 bridgehead atoms. The second-order valence-electron chi connectivity index (χ2n) is 5.60. The highest BCUT2D eigenvalue weighted by atomic mass is 79.9. The van der Waals surface area contributed by atoms with Gasteiger partial charge < -0.3 is 10.1 Å². The van der Waals surface area contributed by atoms with Crippen molar-refractivity contribution in [1.82, 2.24) is 5.32 Å². The highest BCUT2D eigenvalue weighted by Crippen LogP contribution is 2.30. The topological polar surface area (TPSA) is 38.3 Å². The molecule has 0 saturated heterocycles. The maximum atomic E-state index is 11.7. The number of rotatable bonds is 2. The Labute approximate surface area is 106 Å². The third-order valence-electron chi connectivity index (χ3n) is 2.83. The molecule has 1 aliphatic rings. The number of nitrogens with one attached hydrogen (secondary N) is 1. The largest absolute Gasteiger partial charge is 0.444 e. The Bertz CT molecular complexity index is 242. The SMILES string of the molecule is CC(C)(C)OC(=O)NC1(CBr)CCCCC1. The molecule has 1 N–H and O–H groups in total. The maximum absolute atomic E-state index is 11.7. The molecule has 0 aromatic carbocycles. The molecule has 0 heterocycles. The molecular weight excluding hydrogens is 270 g/mol. The average molecular weight is 292 g/mol. The van der Waals surface area contributed by atoms with E-state index in [-0.39, 0.29) is 11.6 Å². The number of halogens is 1. The number of alkyl halides is 1. The Morgan fingerprint density at radius 2 is 1.88 bits per heavy atom. The van der Waals surface area contributed by atoms with Crippen LogP contribution < -0.4 is 5.32 Å². The van der Waals surface area contributed by atoms with Crippen molar-refractivity contribution in [3.63, 3.8) is 0 Å². The summed E-state index contributed by atoms with van der Waals surface area (Å²) in [5.74, 6) is 0. The molecule has 0 unspecified atom stereocenters. The van der Waals surface area contributed by atoms with Crippen LogP contribution in [0.15, 0.2) is 0 Å². The van der Waals surface area contributed by atoms with Crippen molar-refractivity contribution in [3.8, 4) is 0 Å². The lowest BCUT2D eigenvalue weighted by Gasteiger charge is -2.37. The van der Waals surface area contributed by atoms with Gasteiger partial charge in [0.2, 0.25) is 0 Å². The van der Waals surface area contributed by atoms with Crippen LogP contribution in [0.4, 0.5) is 4.79 Å². The first kappa shape index (κ1) is 13.8. The smallest absolute Gasteiger partial charge is 0.408 e. The molecule has 1 aliphatic carbocycles. The van der Waals surface area contributed by atoms with Gasteiger partial charge in [-0.2, -0.15) is 0 Å². The molecule has 1 fully saturated rings. The number of hydrogen-bond acceptors (Lipinski definition) is 2.